The molecule has 172 valence electrons. The highest BCUT2D eigenvalue weighted by Gasteiger charge is 2.33. The van der Waals surface area contributed by atoms with Gasteiger partial charge < -0.3 is 24.3 Å². The van der Waals surface area contributed by atoms with Crippen LogP contribution >= 0.6 is 0 Å². The molecule has 1 N–H and O–H groups in total. The molecule has 1 amide bonds. The molecular formula is C24H36FN3O3. The van der Waals surface area contributed by atoms with Gasteiger partial charge in [0, 0.05) is 44.3 Å². The summed E-state index contributed by atoms with van der Waals surface area (Å²) in [5.41, 5.74) is 1.36. The summed E-state index contributed by atoms with van der Waals surface area (Å²) >= 11 is 0. The minimum Gasteiger partial charge on any atom is -0.491 e. The molecule has 1 aliphatic rings. The van der Waals surface area contributed by atoms with Crippen LogP contribution in [-0.2, 0) is 11.3 Å². The van der Waals surface area contributed by atoms with Crippen LogP contribution < -0.4 is 10.1 Å². The molecule has 31 heavy (non-hydrogen) atoms. The van der Waals surface area contributed by atoms with Crippen molar-refractivity contribution >= 4 is 16.8 Å². The van der Waals surface area contributed by atoms with Crippen LogP contribution in [0.2, 0.25) is 0 Å². The lowest BCUT2D eigenvalue weighted by Crippen LogP contribution is -2.52. The average molecular weight is 434 g/mol. The van der Waals surface area contributed by atoms with Crippen molar-refractivity contribution in [3.63, 3.8) is 0 Å². The summed E-state index contributed by atoms with van der Waals surface area (Å²) in [6, 6.07) is 4.85. The van der Waals surface area contributed by atoms with Gasteiger partial charge in [-0.15, -0.1) is 0 Å². The Balaban J connectivity index is 2.10. The second-order valence-corrected chi connectivity index (χ2v) is 8.43. The van der Waals surface area contributed by atoms with E-state index in [9.17, 15) is 9.18 Å². The highest BCUT2D eigenvalue weighted by Crippen LogP contribution is 2.36. The smallest absolute Gasteiger partial charge is 0.274 e. The van der Waals surface area contributed by atoms with E-state index in [1.165, 1.54) is 12.1 Å². The van der Waals surface area contributed by atoms with Gasteiger partial charge in [0.1, 0.15) is 5.82 Å². The Morgan fingerprint density at radius 2 is 2.16 bits per heavy atom. The zero-order valence-electron chi connectivity index (χ0n) is 19.2. The molecule has 1 atom stereocenters. The first-order valence-electron chi connectivity index (χ1n) is 11.5. The van der Waals surface area contributed by atoms with Gasteiger partial charge in [-0.05, 0) is 71.2 Å². The first-order chi connectivity index (χ1) is 15.0. The van der Waals surface area contributed by atoms with Crippen LogP contribution in [0.25, 0.3) is 10.9 Å². The number of carbonyl (C=O) groups is 1. The van der Waals surface area contributed by atoms with E-state index >= 15 is 0 Å². The average Bonchev–Trinajstić information content (AvgIpc) is 3.04. The lowest BCUT2D eigenvalue weighted by atomic mass is 10.0. The Morgan fingerprint density at radius 1 is 1.35 bits per heavy atom. The third-order valence-corrected chi connectivity index (χ3v) is 5.91. The van der Waals surface area contributed by atoms with Crippen molar-refractivity contribution in [2.24, 2.45) is 0 Å². The van der Waals surface area contributed by atoms with Crippen molar-refractivity contribution in [1.82, 2.24) is 14.8 Å². The third kappa shape index (κ3) is 5.21. The quantitative estimate of drug-likeness (QED) is 0.571. The molecule has 7 heteroatoms. The summed E-state index contributed by atoms with van der Waals surface area (Å²) in [6.45, 7) is 9.50. The minimum atomic E-state index is -0.332. The van der Waals surface area contributed by atoms with Crippen molar-refractivity contribution in [2.45, 2.75) is 65.1 Å². The van der Waals surface area contributed by atoms with Gasteiger partial charge in [-0.1, -0.05) is 0 Å². The molecule has 0 spiro atoms. The number of hydrogen-bond acceptors (Lipinski definition) is 4. The molecule has 2 aromatic rings. The largest absolute Gasteiger partial charge is 0.491 e. The molecule has 1 fully saturated rings. The van der Waals surface area contributed by atoms with E-state index in [0.29, 0.717) is 36.6 Å². The van der Waals surface area contributed by atoms with Gasteiger partial charge in [-0.2, -0.15) is 0 Å². The van der Waals surface area contributed by atoms with Crippen molar-refractivity contribution in [3.05, 3.63) is 29.7 Å². The first-order valence-corrected chi connectivity index (χ1v) is 11.5. The van der Waals surface area contributed by atoms with E-state index in [4.69, 9.17) is 9.47 Å². The van der Waals surface area contributed by atoms with E-state index in [1.54, 1.807) is 13.2 Å². The number of hydrogen-bond donors (Lipinski definition) is 1. The Bertz CT molecular complexity index is 875. The molecule has 1 saturated heterocycles. The molecule has 0 aliphatic carbocycles. The van der Waals surface area contributed by atoms with Crippen molar-refractivity contribution < 1.29 is 18.7 Å². The highest BCUT2D eigenvalue weighted by atomic mass is 19.1. The zero-order valence-corrected chi connectivity index (χ0v) is 19.2. The van der Waals surface area contributed by atoms with Crippen LogP contribution in [0.4, 0.5) is 4.39 Å². The summed E-state index contributed by atoms with van der Waals surface area (Å²) < 4.78 is 27.3. The number of carbonyl (C=O) groups excluding carboxylic acids is 1. The van der Waals surface area contributed by atoms with Crippen LogP contribution in [0, 0.1) is 5.82 Å². The summed E-state index contributed by atoms with van der Waals surface area (Å²) in [7, 11) is 1.69. The summed E-state index contributed by atoms with van der Waals surface area (Å²) in [5.74, 6) is 0.111. The van der Waals surface area contributed by atoms with E-state index < -0.39 is 0 Å². The molecule has 1 aromatic heterocycles. The number of amides is 1. The first kappa shape index (κ1) is 23.5. The standard InChI is InChI=1S/C24H36FN3O3/c1-5-31-23-20-15-18(25)10-11-21(20)27(13-6-7-14-30-4)22(23)24(29)28(17(2)3)19-9-8-12-26-16-19/h10-11,15,17,19,26H,5-9,12-14,16H2,1-4H3/t19-/m1/s1. The maximum Gasteiger partial charge on any atom is 0.274 e. The van der Waals surface area contributed by atoms with Gasteiger partial charge in [-0.25, -0.2) is 4.39 Å². The lowest BCUT2D eigenvalue weighted by molar-refractivity contribution is 0.0558. The van der Waals surface area contributed by atoms with Crippen molar-refractivity contribution in [1.29, 1.82) is 0 Å². The number of ether oxygens (including phenoxy) is 2. The number of benzene rings is 1. The van der Waals surface area contributed by atoms with E-state index in [0.717, 1.165) is 44.3 Å². The molecule has 1 aliphatic heterocycles. The van der Waals surface area contributed by atoms with Gasteiger partial charge in [0.15, 0.2) is 11.4 Å². The van der Waals surface area contributed by atoms with Gasteiger partial charge in [-0.3, -0.25) is 4.79 Å². The zero-order chi connectivity index (χ0) is 22.4. The number of nitrogens with one attached hydrogen (secondary N) is 1. The van der Waals surface area contributed by atoms with Crippen LogP contribution in [0.1, 0.15) is 56.9 Å². The van der Waals surface area contributed by atoms with Crippen LogP contribution in [-0.4, -0.2) is 60.9 Å². The second-order valence-electron chi connectivity index (χ2n) is 8.43. The molecule has 0 saturated carbocycles. The molecule has 0 bridgehead atoms. The van der Waals surface area contributed by atoms with Gasteiger partial charge in [0.25, 0.3) is 5.91 Å². The molecule has 0 unspecified atom stereocenters. The lowest BCUT2D eigenvalue weighted by Gasteiger charge is -2.38. The number of nitrogens with zero attached hydrogens (tertiary/aromatic N) is 2. The van der Waals surface area contributed by atoms with Crippen molar-refractivity contribution in [3.8, 4) is 5.75 Å². The van der Waals surface area contributed by atoms with Gasteiger partial charge in [0.05, 0.1) is 12.1 Å². The number of methoxy groups -OCH3 is 1. The van der Waals surface area contributed by atoms with Crippen molar-refractivity contribution in [2.75, 3.05) is 33.4 Å². The van der Waals surface area contributed by atoms with Crippen LogP contribution in [0.3, 0.4) is 0 Å². The van der Waals surface area contributed by atoms with Crippen LogP contribution in [0.5, 0.6) is 5.75 Å². The summed E-state index contributed by atoms with van der Waals surface area (Å²) in [5, 5.41) is 4.07. The minimum absolute atomic E-state index is 0.0450. The number of rotatable bonds is 10. The fraction of sp³-hybridized carbons (Fsp3) is 0.625. The molecule has 3 rings (SSSR count). The number of halogens is 1. The Morgan fingerprint density at radius 3 is 2.81 bits per heavy atom. The number of unbranched alkanes of at least 4 members (excludes halogenated alkanes) is 1. The maximum absolute atomic E-state index is 14.1. The fourth-order valence-electron chi connectivity index (χ4n) is 4.56. The normalized spacial score (nSPS) is 16.8. The summed E-state index contributed by atoms with van der Waals surface area (Å²) in [6.07, 6.45) is 3.76. The Hall–Kier alpha value is -2.12. The topological polar surface area (TPSA) is 55.7 Å². The molecule has 2 heterocycles. The Labute approximate surface area is 184 Å². The predicted molar refractivity (Wildman–Crippen MR) is 121 cm³/mol. The van der Waals surface area contributed by atoms with E-state index in [2.05, 4.69) is 19.2 Å². The second kappa shape index (κ2) is 11.0. The summed E-state index contributed by atoms with van der Waals surface area (Å²) in [4.78, 5) is 16.0. The molecular weight excluding hydrogens is 397 g/mol. The van der Waals surface area contributed by atoms with Gasteiger partial charge >= 0.3 is 0 Å². The fourth-order valence-corrected chi connectivity index (χ4v) is 4.56. The SMILES string of the molecule is CCOc1c(C(=O)N(C(C)C)[C@@H]2CCCNC2)n(CCCCOC)c2ccc(F)cc12. The number of aryl methyl sites for hydroxylation is 1. The van der Waals surface area contributed by atoms with E-state index in [-0.39, 0.29) is 23.8 Å². The highest BCUT2D eigenvalue weighted by molar-refractivity contribution is 6.04. The number of aromatic nitrogens is 1. The third-order valence-electron chi connectivity index (χ3n) is 5.91. The van der Waals surface area contributed by atoms with Crippen LogP contribution in [0.15, 0.2) is 18.2 Å². The number of fused-ring (bicyclic) bond motifs is 1. The molecule has 1 aromatic carbocycles. The van der Waals surface area contributed by atoms with E-state index in [1.807, 2.05) is 16.4 Å². The number of piperidine rings is 1. The maximum atomic E-state index is 14.1. The Kier molecular flexibility index (Phi) is 8.32. The predicted octanol–water partition coefficient (Wildman–Crippen LogP) is 4.21. The van der Waals surface area contributed by atoms with Gasteiger partial charge in [0.2, 0.25) is 0 Å². The molecule has 6 nitrogen and oxygen atoms in total. The molecule has 0 radical (unpaired) electrons. The monoisotopic (exact) mass is 433 g/mol.